The maximum absolute atomic E-state index is 12.2. The van der Waals surface area contributed by atoms with Gasteiger partial charge in [0.25, 0.3) is 0 Å². The second-order valence-electron chi connectivity index (χ2n) is 5.76. The second-order valence-corrected chi connectivity index (χ2v) is 7.85. The first-order chi connectivity index (χ1) is 9.95. The van der Waals surface area contributed by atoms with Gasteiger partial charge in [-0.2, -0.15) is 0 Å². The lowest BCUT2D eigenvalue weighted by Crippen LogP contribution is -2.39. The lowest BCUT2D eigenvalue weighted by Gasteiger charge is -2.31. The zero-order valence-electron chi connectivity index (χ0n) is 12.8. The molecule has 0 N–H and O–H groups in total. The quantitative estimate of drug-likeness (QED) is 0.753. The Kier molecular flexibility index (Phi) is 5.16. The molecule has 0 aromatic carbocycles. The van der Waals surface area contributed by atoms with Crippen LogP contribution in [-0.2, 0) is 10.0 Å². The zero-order chi connectivity index (χ0) is 15.5. The maximum atomic E-state index is 12.2. The summed E-state index contributed by atoms with van der Waals surface area (Å²) in [6.07, 6.45) is 5.52. The van der Waals surface area contributed by atoms with Crippen molar-refractivity contribution in [2.75, 3.05) is 18.8 Å². The molecule has 2 rings (SSSR count). The van der Waals surface area contributed by atoms with Crippen LogP contribution < -0.4 is 0 Å². The van der Waals surface area contributed by atoms with Gasteiger partial charge in [-0.3, -0.25) is 0 Å². The molecule has 1 fully saturated rings. The molecule has 7 heteroatoms. The lowest BCUT2D eigenvalue weighted by molar-refractivity contribution is 0.307. The van der Waals surface area contributed by atoms with Gasteiger partial charge in [-0.15, -0.1) is 16.8 Å². The van der Waals surface area contributed by atoms with E-state index in [1.54, 1.807) is 16.7 Å². The Morgan fingerprint density at radius 2 is 2.10 bits per heavy atom. The smallest absolute Gasteiger partial charge is 0.214 e. The molecule has 0 atom stereocenters. The normalized spacial score (nSPS) is 18.2. The van der Waals surface area contributed by atoms with Gasteiger partial charge >= 0.3 is 0 Å². The largest absolute Gasteiger partial charge is 0.315 e. The molecule has 21 heavy (non-hydrogen) atoms. The highest BCUT2D eigenvalue weighted by Gasteiger charge is 2.30. The number of hydrogen-bond donors (Lipinski definition) is 0. The summed E-state index contributed by atoms with van der Waals surface area (Å²) >= 11 is 0. The second kappa shape index (κ2) is 6.70. The van der Waals surface area contributed by atoms with E-state index < -0.39 is 10.0 Å². The van der Waals surface area contributed by atoms with E-state index in [0.717, 1.165) is 18.7 Å². The van der Waals surface area contributed by atoms with Crippen molar-refractivity contribution in [3.05, 3.63) is 24.8 Å². The molecular formula is C14H24N4O2S. The van der Waals surface area contributed by atoms with Crippen molar-refractivity contribution in [2.24, 2.45) is 0 Å². The van der Waals surface area contributed by atoms with Crippen molar-refractivity contribution in [3.8, 4) is 0 Å². The number of piperidine rings is 1. The molecule has 6 nitrogen and oxygen atoms in total. The minimum Gasteiger partial charge on any atom is -0.315 e. The minimum atomic E-state index is -3.14. The summed E-state index contributed by atoms with van der Waals surface area (Å²) in [5.41, 5.74) is 0. The number of hydrogen-bond acceptors (Lipinski definition) is 4. The van der Waals surface area contributed by atoms with E-state index in [1.807, 2.05) is 0 Å². The predicted octanol–water partition coefficient (Wildman–Crippen LogP) is 1.94. The molecule has 0 radical (unpaired) electrons. The van der Waals surface area contributed by atoms with Crippen LogP contribution in [0, 0.1) is 0 Å². The van der Waals surface area contributed by atoms with Gasteiger partial charge in [-0.05, 0) is 33.1 Å². The third-order valence-corrected chi connectivity index (χ3v) is 5.85. The Balaban J connectivity index is 2.00. The number of sulfonamides is 1. The zero-order valence-corrected chi connectivity index (χ0v) is 13.6. The number of nitrogens with zero attached hydrogens (tertiary/aromatic N) is 4. The Bertz CT molecular complexity index is 572. The van der Waals surface area contributed by atoms with Crippen LogP contribution in [0.4, 0.5) is 0 Å². The minimum absolute atomic E-state index is 0.156. The van der Waals surface area contributed by atoms with E-state index in [-0.39, 0.29) is 5.75 Å². The summed E-state index contributed by atoms with van der Waals surface area (Å²) in [7, 11) is -3.14. The summed E-state index contributed by atoms with van der Waals surface area (Å²) in [5, 5.41) is 8.23. The highest BCUT2D eigenvalue weighted by Crippen LogP contribution is 2.29. The van der Waals surface area contributed by atoms with Crippen molar-refractivity contribution in [2.45, 2.75) is 45.1 Å². The summed E-state index contributed by atoms with van der Waals surface area (Å²) in [4.78, 5) is 0. The van der Waals surface area contributed by atoms with Gasteiger partial charge in [0.2, 0.25) is 10.0 Å². The van der Waals surface area contributed by atoms with Crippen molar-refractivity contribution >= 4 is 10.0 Å². The average molecular weight is 312 g/mol. The highest BCUT2D eigenvalue weighted by molar-refractivity contribution is 7.89. The Labute approximate surface area is 126 Å². The Hall–Kier alpha value is -1.21. The fourth-order valence-corrected chi connectivity index (χ4v) is 4.19. The molecule has 1 aliphatic rings. The van der Waals surface area contributed by atoms with Crippen LogP contribution in [0.2, 0.25) is 0 Å². The van der Waals surface area contributed by atoms with Crippen molar-refractivity contribution in [1.29, 1.82) is 0 Å². The molecule has 2 heterocycles. The summed E-state index contributed by atoms with van der Waals surface area (Å²) < 4.78 is 28.0. The van der Waals surface area contributed by atoms with Gasteiger partial charge in [0.05, 0.1) is 5.75 Å². The fraction of sp³-hybridized carbons (Fsp3) is 0.714. The highest BCUT2D eigenvalue weighted by atomic mass is 32.2. The molecule has 0 spiro atoms. The van der Waals surface area contributed by atoms with E-state index in [4.69, 9.17) is 0 Å². The van der Waals surface area contributed by atoms with Gasteiger partial charge in [0, 0.05) is 25.0 Å². The molecule has 1 aliphatic heterocycles. The Morgan fingerprint density at radius 3 is 2.67 bits per heavy atom. The van der Waals surface area contributed by atoms with E-state index >= 15 is 0 Å². The lowest BCUT2D eigenvalue weighted by atomic mass is 9.97. The van der Waals surface area contributed by atoms with Crippen LogP contribution in [0.15, 0.2) is 19.0 Å². The molecule has 1 saturated heterocycles. The predicted molar refractivity (Wildman–Crippen MR) is 82.6 cm³/mol. The van der Waals surface area contributed by atoms with Crippen LogP contribution in [0.5, 0.6) is 0 Å². The van der Waals surface area contributed by atoms with E-state index in [2.05, 4.69) is 35.2 Å². The Morgan fingerprint density at radius 1 is 1.43 bits per heavy atom. The summed E-state index contributed by atoms with van der Waals surface area (Å²) in [5.74, 6) is 1.43. The fourth-order valence-electron chi connectivity index (χ4n) is 2.70. The first kappa shape index (κ1) is 16.2. The van der Waals surface area contributed by atoms with Crippen molar-refractivity contribution in [1.82, 2.24) is 19.1 Å². The van der Waals surface area contributed by atoms with E-state index in [0.29, 0.717) is 31.5 Å². The third kappa shape index (κ3) is 3.71. The van der Waals surface area contributed by atoms with Crippen molar-refractivity contribution in [3.63, 3.8) is 0 Å². The summed E-state index contributed by atoms with van der Waals surface area (Å²) in [6.45, 7) is 8.91. The molecular weight excluding hydrogens is 288 g/mol. The molecule has 0 bridgehead atoms. The van der Waals surface area contributed by atoms with Gasteiger partial charge in [0.1, 0.15) is 12.2 Å². The van der Waals surface area contributed by atoms with Crippen LogP contribution in [0.1, 0.15) is 50.9 Å². The summed E-state index contributed by atoms with van der Waals surface area (Å²) in [6, 6.07) is 0.323. The van der Waals surface area contributed by atoms with Gasteiger partial charge in [-0.25, -0.2) is 12.7 Å². The van der Waals surface area contributed by atoms with Gasteiger partial charge in [0.15, 0.2) is 0 Å². The average Bonchev–Trinajstić information content (AvgIpc) is 2.95. The van der Waals surface area contributed by atoms with Crippen LogP contribution in [0.25, 0.3) is 0 Å². The monoisotopic (exact) mass is 312 g/mol. The first-order valence-corrected chi connectivity index (χ1v) is 9.04. The third-order valence-electron chi connectivity index (χ3n) is 3.95. The van der Waals surface area contributed by atoms with Gasteiger partial charge < -0.3 is 4.57 Å². The molecule has 0 saturated carbocycles. The van der Waals surface area contributed by atoms with Crippen molar-refractivity contribution < 1.29 is 8.42 Å². The van der Waals surface area contributed by atoms with Crippen LogP contribution >= 0.6 is 0 Å². The molecule has 0 unspecified atom stereocenters. The number of rotatable bonds is 6. The van der Waals surface area contributed by atoms with Crippen LogP contribution in [0.3, 0.4) is 0 Å². The topological polar surface area (TPSA) is 68.1 Å². The molecule has 1 aromatic rings. The molecule has 0 aliphatic carbocycles. The maximum Gasteiger partial charge on any atom is 0.214 e. The van der Waals surface area contributed by atoms with Crippen LogP contribution in [-0.4, -0.2) is 46.3 Å². The van der Waals surface area contributed by atoms with E-state index in [1.165, 1.54) is 0 Å². The first-order valence-electron chi connectivity index (χ1n) is 7.44. The standard InChI is InChI=1S/C14H24N4O2S/c1-4-5-10-21(19,20)17-8-6-13(7-9-17)14-16-15-11-18(14)12(2)3/h4,11-13H,1,5-10H2,2-3H3. The van der Waals surface area contributed by atoms with E-state index in [9.17, 15) is 8.42 Å². The molecule has 1 aromatic heterocycles. The SMILES string of the molecule is C=CCCS(=O)(=O)N1CCC(c2nncn2C(C)C)CC1. The van der Waals surface area contributed by atoms with Gasteiger partial charge in [-0.1, -0.05) is 6.08 Å². The number of aromatic nitrogens is 3. The molecule has 118 valence electrons. The molecule has 0 amide bonds. The number of allylic oxidation sites excluding steroid dienone is 1.